The van der Waals surface area contributed by atoms with E-state index in [4.69, 9.17) is 9.84 Å². The second-order valence-corrected chi connectivity index (χ2v) is 3.94. The van der Waals surface area contributed by atoms with Gasteiger partial charge in [-0.1, -0.05) is 18.2 Å². The third-order valence-electron chi connectivity index (χ3n) is 2.78. The summed E-state index contributed by atoms with van der Waals surface area (Å²) in [6.07, 6.45) is -1.11. The first-order chi connectivity index (χ1) is 8.75. The van der Waals surface area contributed by atoms with Crippen LogP contribution in [0.4, 0.5) is 10.6 Å². The minimum atomic E-state index is -1.11. The summed E-state index contributed by atoms with van der Waals surface area (Å²) in [5.41, 5.74) is 2.40. The minimum absolute atomic E-state index is 0.387. The molecule has 1 amide bonds. The van der Waals surface area contributed by atoms with E-state index in [1.54, 1.807) is 4.68 Å². The molecule has 6 heteroatoms. The molecule has 0 spiro atoms. The molecule has 1 aliphatic heterocycles. The second kappa shape index (κ2) is 4.15. The minimum Gasteiger partial charge on any atom is -0.465 e. The van der Waals surface area contributed by atoms with Crippen LogP contribution in [0, 0.1) is 0 Å². The third-order valence-corrected chi connectivity index (χ3v) is 2.78. The molecule has 2 heterocycles. The monoisotopic (exact) mass is 245 g/mol. The lowest BCUT2D eigenvalue weighted by Crippen LogP contribution is -2.13. The summed E-state index contributed by atoms with van der Waals surface area (Å²) in [4.78, 5) is 10.9. The zero-order valence-corrected chi connectivity index (χ0v) is 9.46. The highest BCUT2D eigenvalue weighted by atomic mass is 16.5. The van der Waals surface area contributed by atoms with Gasteiger partial charge in [-0.3, -0.25) is 5.32 Å². The van der Waals surface area contributed by atoms with Crippen LogP contribution in [0.15, 0.2) is 30.3 Å². The molecule has 1 aromatic carbocycles. The summed E-state index contributed by atoms with van der Waals surface area (Å²) in [5.74, 6) is 0.459. The van der Waals surface area contributed by atoms with E-state index in [2.05, 4.69) is 10.4 Å². The molecular formula is C12H11N3O3. The standard InChI is InChI=1S/C12H11N3O3/c16-12(17)13-11-9-6-18-7-10(9)14-15(11)8-4-2-1-3-5-8/h1-5,13H,6-7H2,(H,16,17). The van der Waals surface area contributed by atoms with Crippen molar-refractivity contribution >= 4 is 11.9 Å². The quantitative estimate of drug-likeness (QED) is 0.848. The number of hydrogen-bond donors (Lipinski definition) is 2. The van der Waals surface area contributed by atoms with Gasteiger partial charge in [0.25, 0.3) is 0 Å². The molecule has 2 N–H and O–H groups in total. The molecule has 2 aromatic rings. The summed E-state index contributed by atoms with van der Waals surface area (Å²) in [6.45, 7) is 0.807. The van der Waals surface area contributed by atoms with Gasteiger partial charge in [-0.15, -0.1) is 0 Å². The Labute approximate surface area is 103 Å². The van der Waals surface area contributed by atoms with Gasteiger partial charge in [0.15, 0.2) is 0 Å². The number of nitrogens with zero attached hydrogens (tertiary/aromatic N) is 2. The highest BCUT2D eigenvalue weighted by Crippen LogP contribution is 2.29. The molecule has 0 unspecified atom stereocenters. The molecule has 0 fully saturated rings. The number of aromatic nitrogens is 2. The van der Waals surface area contributed by atoms with Crippen LogP contribution < -0.4 is 5.32 Å². The van der Waals surface area contributed by atoms with Crippen LogP contribution in [0.1, 0.15) is 11.3 Å². The van der Waals surface area contributed by atoms with Gasteiger partial charge >= 0.3 is 6.09 Å². The molecule has 3 rings (SSSR count). The molecule has 0 bridgehead atoms. The summed E-state index contributed by atoms with van der Waals surface area (Å²) in [6, 6.07) is 9.40. The molecule has 0 saturated heterocycles. The topological polar surface area (TPSA) is 76.4 Å². The Morgan fingerprint density at radius 2 is 2.11 bits per heavy atom. The number of fused-ring (bicyclic) bond motifs is 1. The highest BCUT2D eigenvalue weighted by molar-refractivity contribution is 5.83. The third kappa shape index (κ3) is 1.72. The Kier molecular flexibility index (Phi) is 2.49. The van der Waals surface area contributed by atoms with E-state index in [1.807, 2.05) is 30.3 Å². The molecule has 1 aliphatic rings. The molecule has 18 heavy (non-hydrogen) atoms. The van der Waals surface area contributed by atoms with Gasteiger partial charge < -0.3 is 9.84 Å². The lowest BCUT2D eigenvalue weighted by Gasteiger charge is -2.08. The van der Waals surface area contributed by atoms with Crippen molar-refractivity contribution in [3.8, 4) is 5.69 Å². The number of carbonyl (C=O) groups is 1. The summed E-state index contributed by atoms with van der Waals surface area (Å²) >= 11 is 0. The normalized spacial score (nSPS) is 13.3. The van der Waals surface area contributed by atoms with Crippen LogP contribution in [0.3, 0.4) is 0 Å². The van der Waals surface area contributed by atoms with Crippen molar-refractivity contribution < 1.29 is 14.6 Å². The van der Waals surface area contributed by atoms with Crippen molar-refractivity contribution in [2.75, 3.05) is 5.32 Å². The van der Waals surface area contributed by atoms with Crippen LogP contribution in [0.2, 0.25) is 0 Å². The Morgan fingerprint density at radius 1 is 1.33 bits per heavy atom. The van der Waals surface area contributed by atoms with Gasteiger partial charge in [0.1, 0.15) is 5.82 Å². The van der Waals surface area contributed by atoms with Crippen LogP contribution in [-0.4, -0.2) is 21.0 Å². The van der Waals surface area contributed by atoms with Crippen LogP contribution in [0.25, 0.3) is 5.69 Å². The van der Waals surface area contributed by atoms with Gasteiger partial charge in [-0.05, 0) is 12.1 Å². The second-order valence-electron chi connectivity index (χ2n) is 3.94. The fourth-order valence-corrected chi connectivity index (χ4v) is 2.00. The fourth-order valence-electron chi connectivity index (χ4n) is 2.00. The predicted molar refractivity (Wildman–Crippen MR) is 63.7 cm³/mol. The Morgan fingerprint density at radius 3 is 2.83 bits per heavy atom. The number of ether oxygens (including phenoxy) is 1. The molecule has 0 atom stereocenters. The van der Waals surface area contributed by atoms with Crippen molar-refractivity contribution in [2.24, 2.45) is 0 Å². The molecule has 1 aromatic heterocycles. The summed E-state index contributed by atoms with van der Waals surface area (Å²) in [5, 5.41) is 15.7. The van der Waals surface area contributed by atoms with E-state index < -0.39 is 6.09 Å². The van der Waals surface area contributed by atoms with Gasteiger partial charge in [-0.25, -0.2) is 9.48 Å². The Bertz CT molecular complexity index is 592. The lowest BCUT2D eigenvalue weighted by molar-refractivity contribution is 0.131. The number of rotatable bonds is 2. The molecule has 92 valence electrons. The van der Waals surface area contributed by atoms with E-state index in [-0.39, 0.29) is 0 Å². The maximum Gasteiger partial charge on any atom is 0.410 e. The highest BCUT2D eigenvalue weighted by Gasteiger charge is 2.24. The van der Waals surface area contributed by atoms with Gasteiger partial charge in [-0.2, -0.15) is 5.10 Å². The molecule has 0 aliphatic carbocycles. The Balaban J connectivity index is 2.12. The first kappa shape index (κ1) is 10.8. The molecular weight excluding hydrogens is 234 g/mol. The van der Waals surface area contributed by atoms with E-state index >= 15 is 0 Å². The largest absolute Gasteiger partial charge is 0.465 e. The van der Waals surface area contributed by atoms with Crippen molar-refractivity contribution in [1.29, 1.82) is 0 Å². The lowest BCUT2D eigenvalue weighted by atomic mass is 10.2. The average Bonchev–Trinajstić information content (AvgIpc) is 2.93. The predicted octanol–water partition coefficient (Wildman–Crippen LogP) is 1.99. The maximum absolute atomic E-state index is 10.9. The van der Waals surface area contributed by atoms with Crippen molar-refractivity contribution in [3.05, 3.63) is 41.6 Å². The SMILES string of the molecule is O=C(O)Nc1c2c(nn1-c1ccccc1)COC2. The first-order valence-corrected chi connectivity index (χ1v) is 5.49. The van der Waals surface area contributed by atoms with Crippen molar-refractivity contribution in [3.63, 3.8) is 0 Å². The van der Waals surface area contributed by atoms with Crippen LogP contribution in [0.5, 0.6) is 0 Å². The number of anilines is 1. The number of benzene rings is 1. The smallest absolute Gasteiger partial charge is 0.410 e. The van der Waals surface area contributed by atoms with E-state index in [0.29, 0.717) is 19.0 Å². The van der Waals surface area contributed by atoms with Gasteiger partial charge in [0.05, 0.1) is 24.6 Å². The van der Waals surface area contributed by atoms with E-state index in [0.717, 1.165) is 16.9 Å². The zero-order valence-electron chi connectivity index (χ0n) is 9.46. The van der Waals surface area contributed by atoms with Gasteiger partial charge in [0, 0.05) is 5.56 Å². The Hall–Kier alpha value is -2.34. The summed E-state index contributed by atoms with van der Waals surface area (Å²) in [7, 11) is 0. The summed E-state index contributed by atoms with van der Waals surface area (Å²) < 4.78 is 6.86. The van der Waals surface area contributed by atoms with Crippen LogP contribution >= 0.6 is 0 Å². The number of amides is 1. The van der Waals surface area contributed by atoms with E-state index in [1.165, 1.54) is 0 Å². The zero-order chi connectivity index (χ0) is 12.5. The van der Waals surface area contributed by atoms with Gasteiger partial charge in [0.2, 0.25) is 0 Å². The molecule has 0 radical (unpaired) electrons. The first-order valence-electron chi connectivity index (χ1n) is 5.49. The maximum atomic E-state index is 10.9. The number of carboxylic acid groups (broad SMARTS) is 1. The van der Waals surface area contributed by atoms with Crippen molar-refractivity contribution in [2.45, 2.75) is 13.2 Å². The molecule has 6 nitrogen and oxygen atoms in total. The number of para-hydroxylation sites is 1. The number of hydrogen-bond acceptors (Lipinski definition) is 3. The fraction of sp³-hybridized carbons (Fsp3) is 0.167. The number of nitrogens with one attached hydrogen (secondary N) is 1. The van der Waals surface area contributed by atoms with Crippen LogP contribution in [-0.2, 0) is 18.0 Å². The van der Waals surface area contributed by atoms with E-state index in [9.17, 15) is 4.79 Å². The average molecular weight is 245 g/mol. The molecule has 0 saturated carbocycles. The van der Waals surface area contributed by atoms with Crippen molar-refractivity contribution in [1.82, 2.24) is 9.78 Å².